The van der Waals surface area contributed by atoms with Crippen molar-refractivity contribution in [2.45, 2.75) is 39.0 Å². The number of nitrogens with one attached hydrogen (secondary N) is 3. The minimum absolute atomic E-state index is 0. The van der Waals surface area contributed by atoms with Gasteiger partial charge in [-0.2, -0.15) is 0 Å². The van der Waals surface area contributed by atoms with Crippen LogP contribution in [0.2, 0.25) is 0 Å². The maximum atomic E-state index is 12.5. The summed E-state index contributed by atoms with van der Waals surface area (Å²) >= 11 is 1.63. The Kier molecular flexibility index (Phi) is 10.1. The third-order valence-electron chi connectivity index (χ3n) is 7.58. The quantitative estimate of drug-likeness (QED) is 0.180. The molecule has 1 aliphatic rings. The highest BCUT2D eigenvalue weighted by molar-refractivity contribution is 7.23. The number of ether oxygens (including phenoxy) is 1. The summed E-state index contributed by atoms with van der Waals surface area (Å²) in [6.07, 6.45) is 3.19. The summed E-state index contributed by atoms with van der Waals surface area (Å²) in [6.45, 7) is 11.0. The molecule has 5 aromatic rings. The molecule has 2 aromatic carbocycles. The molecule has 0 radical (unpaired) electrons. The van der Waals surface area contributed by atoms with Crippen molar-refractivity contribution in [3.8, 4) is 11.3 Å². The van der Waals surface area contributed by atoms with Gasteiger partial charge in [0, 0.05) is 61.5 Å². The number of aromatic nitrogens is 3. The van der Waals surface area contributed by atoms with E-state index in [2.05, 4.69) is 48.6 Å². The van der Waals surface area contributed by atoms with Crippen molar-refractivity contribution in [3.05, 3.63) is 66.1 Å². The Morgan fingerprint density at radius 3 is 2.53 bits per heavy atom. The Bertz CT molecular complexity index is 1770. The fourth-order valence-corrected chi connectivity index (χ4v) is 6.13. The summed E-state index contributed by atoms with van der Waals surface area (Å²) in [5.74, 6) is 1.14. The predicted octanol–water partition coefficient (Wildman–Crippen LogP) is 5.95. The van der Waals surface area contributed by atoms with Crippen molar-refractivity contribution in [3.63, 3.8) is 0 Å². The lowest BCUT2D eigenvalue weighted by molar-refractivity contribution is -0.121. The molecule has 0 saturated carbocycles. The molecule has 45 heavy (non-hydrogen) atoms. The highest BCUT2D eigenvalue weighted by Crippen LogP contribution is 2.31. The molecule has 0 spiro atoms. The van der Waals surface area contributed by atoms with Crippen molar-refractivity contribution in [2.24, 2.45) is 0 Å². The van der Waals surface area contributed by atoms with Gasteiger partial charge in [-0.05, 0) is 36.2 Å². The second kappa shape index (κ2) is 14.0. The first kappa shape index (κ1) is 32.4. The molecule has 0 bridgehead atoms. The van der Waals surface area contributed by atoms with Gasteiger partial charge in [0.05, 0.1) is 29.1 Å². The summed E-state index contributed by atoms with van der Waals surface area (Å²) in [5.41, 5.74) is 4.47. The van der Waals surface area contributed by atoms with E-state index in [0.717, 1.165) is 64.8 Å². The number of fused-ring (bicyclic) bond motifs is 3. The molecular formula is C32H38ClN7O4S. The number of rotatable bonds is 9. The lowest BCUT2D eigenvalue weighted by Gasteiger charge is -2.26. The molecule has 3 amide bonds. The smallest absolute Gasteiger partial charge is 0.324 e. The molecule has 1 aliphatic heterocycles. The fourth-order valence-electron chi connectivity index (χ4n) is 5.06. The number of aryl methyl sites for hydroxylation is 1. The summed E-state index contributed by atoms with van der Waals surface area (Å²) in [5, 5.41) is 12.5. The van der Waals surface area contributed by atoms with Gasteiger partial charge >= 0.3 is 6.03 Å². The van der Waals surface area contributed by atoms with Crippen molar-refractivity contribution in [2.75, 3.05) is 50.0 Å². The Morgan fingerprint density at radius 2 is 1.80 bits per heavy atom. The number of hydrogen-bond acceptors (Lipinski definition) is 8. The number of carbonyl (C=O) groups is 2. The SMILES string of the molecule is CC(C)(C)c1cc(NC(=O)Nc2ccc(-c3cn4c(n3)sc3cc(CCC(=O)NCCN5CCOCC5)ccc34)cc2)no1.Cl. The molecule has 13 heteroatoms. The van der Waals surface area contributed by atoms with Gasteiger partial charge in [0.15, 0.2) is 10.8 Å². The molecular weight excluding hydrogens is 614 g/mol. The third kappa shape index (κ3) is 8.01. The fraction of sp³-hybridized carbons (Fsp3) is 0.375. The number of carbonyl (C=O) groups excluding carboxylic acids is 2. The van der Waals surface area contributed by atoms with E-state index >= 15 is 0 Å². The number of amides is 3. The summed E-state index contributed by atoms with van der Waals surface area (Å²) in [7, 11) is 0. The number of halogens is 1. The van der Waals surface area contributed by atoms with E-state index in [1.54, 1.807) is 17.4 Å². The monoisotopic (exact) mass is 651 g/mol. The molecule has 238 valence electrons. The first-order valence-electron chi connectivity index (χ1n) is 14.8. The standard InChI is InChI=1S/C32H37N7O4S.ClH/c1-32(2,3)27-19-28(37-43-27)36-30(41)34-23-8-6-22(7-9-23)24-20-39-25-10-4-21(18-26(25)44-31(39)35-24)5-11-29(40)33-12-13-38-14-16-42-17-15-38;/h4,6-10,18-20H,5,11-17H2,1-3H3,(H,33,40)(H2,34,36,37,41);1H. The van der Waals surface area contributed by atoms with Crippen LogP contribution in [-0.2, 0) is 21.4 Å². The minimum atomic E-state index is -0.399. The molecule has 0 unspecified atom stereocenters. The van der Waals surface area contributed by atoms with Gasteiger partial charge in [-0.25, -0.2) is 9.78 Å². The average Bonchev–Trinajstić information content (AvgIpc) is 3.72. The van der Waals surface area contributed by atoms with E-state index < -0.39 is 6.03 Å². The third-order valence-corrected chi connectivity index (χ3v) is 8.60. The minimum Gasteiger partial charge on any atom is -0.379 e. The molecule has 3 aromatic heterocycles. The Balaban J connectivity index is 0.00000400. The summed E-state index contributed by atoms with van der Waals surface area (Å²) in [4.78, 5) is 32.9. The molecule has 1 saturated heterocycles. The molecule has 4 heterocycles. The maximum Gasteiger partial charge on any atom is 0.324 e. The zero-order valence-corrected chi connectivity index (χ0v) is 27.2. The van der Waals surface area contributed by atoms with Gasteiger partial charge in [0.2, 0.25) is 5.91 Å². The van der Waals surface area contributed by atoms with Crippen molar-refractivity contribution in [1.82, 2.24) is 24.8 Å². The number of hydrogen-bond donors (Lipinski definition) is 3. The van der Waals surface area contributed by atoms with E-state index in [0.29, 0.717) is 36.7 Å². The van der Waals surface area contributed by atoms with Crippen LogP contribution in [0.1, 0.15) is 38.5 Å². The van der Waals surface area contributed by atoms with Crippen LogP contribution in [0.25, 0.3) is 26.4 Å². The van der Waals surface area contributed by atoms with Crippen LogP contribution in [0.3, 0.4) is 0 Å². The van der Waals surface area contributed by atoms with Gasteiger partial charge in [-0.15, -0.1) is 12.4 Å². The van der Waals surface area contributed by atoms with E-state index in [1.165, 1.54) is 0 Å². The van der Waals surface area contributed by atoms with Gasteiger partial charge in [-0.1, -0.05) is 55.5 Å². The predicted molar refractivity (Wildman–Crippen MR) is 180 cm³/mol. The van der Waals surface area contributed by atoms with Gasteiger partial charge in [0.1, 0.15) is 5.76 Å². The lowest BCUT2D eigenvalue weighted by Crippen LogP contribution is -2.41. The molecule has 0 atom stereocenters. The van der Waals surface area contributed by atoms with Crippen LogP contribution in [-0.4, -0.2) is 70.8 Å². The van der Waals surface area contributed by atoms with Crippen LogP contribution in [0.5, 0.6) is 0 Å². The first-order chi connectivity index (χ1) is 21.2. The van der Waals surface area contributed by atoms with E-state index in [1.807, 2.05) is 51.2 Å². The number of morpholine rings is 1. The van der Waals surface area contributed by atoms with Gasteiger partial charge in [0.25, 0.3) is 0 Å². The van der Waals surface area contributed by atoms with E-state index in [-0.39, 0.29) is 23.7 Å². The van der Waals surface area contributed by atoms with Gasteiger partial charge < -0.3 is 19.9 Å². The first-order valence-corrected chi connectivity index (χ1v) is 15.7. The van der Waals surface area contributed by atoms with Crippen LogP contribution in [0, 0.1) is 0 Å². The summed E-state index contributed by atoms with van der Waals surface area (Å²) < 4.78 is 13.9. The zero-order chi connectivity index (χ0) is 30.7. The zero-order valence-electron chi connectivity index (χ0n) is 25.6. The lowest BCUT2D eigenvalue weighted by atomic mass is 9.93. The Hall–Kier alpha value is -3.97. The van der Waals surface area contributed by atoms with Crippen molar-refractivity contribution >= 4 is 62.4 Å². The molecule has 11 nitrogen and oxygen atoms in total. The Morgan fingerprint density at radius 1 is 1.02 bits per heavy atom. The summed E-state index contributed by atoms with van der Waals surface area (Å²) in [6, 6.07) is 15.2. The van der Waals surface area contributed by atoms with Crippen LogP contribution >= 0.6 is 23.7 Å². The van der Waals surface area contributed by atoms with E-state index in [4.69, 9.17) is 14.2 Å². The van der Waals surface area contributed by atoms with Crippen LogP contribution < -0.4 is 16.0 Å². The topological polar surface area (TPSA) is 126 Å². The molecule has 0 aliphatic carbocycles. The number of benzene rings is 2. The molecule has 6 rings (SSSR count). The molecule has 3 N–H and O–H groups in total. The average molecular weight is 652 g/mol. The highest BCUT2D eigenvalue weighted by atomic mass is 35.5. The number of imidazole rings is 1. The van der Waals surface area contributed by atoms with Crippen LogP contribution in [0.15, 0.2) is 59.3 Å². The van der Waals surface area contributed by atoms with Crippen molar-refractivity contribution < 1.29 is 18.8 Å². The normalized spacial score (nSPS) is 13.9. The van der Waals surface area contributed by atoms with E-state index in [9.17, 15) is 9.59 Å². The van der Waals surface area contributed by atoms with Crippen LogP contribution in [0.4, 0.5) is 16.3 Å². The Labute approximate surface area is 271 Å². The number of anilines is 2. The number of thiazole rings is 1. The van der Waals surface area contributed by atoms with Gasteiger partial charge in [-0.3, -0.25) is 19.4 Å². The largest absolute Gasteiger partial charge is 0.379 e. The van der Waals surface area contributed by atoms with Crippen molar-refractivity contribution in [1.29, 1.82) is 0 Å². The number of urea groups is 1. The maximum absolute atomic E-state index is 12.5. The second-order valence-corrected chi connectivity index (χ2v) is 13.0. The second-order valence-electron chi connectivity index (χ2n) is 12.0. The molecule has 1 fully saturated rings. The number of nitrogens with zero attached hydrogens (tertiary/aromatic N) is 4. The highest BCUT2D eigenvalue weighted by Gasteiger charge is 2.20.